The van der Waals surface area contributed by atoms with Gasteiger partial charge in [0.25, 0.3) is 5.91 Å². The largest absolute Gasteiger partial charge is 0.484 e. The minimum absolute atomic E-state index is 0.00593. The van der Waals surface area contributed by atoms with Crippen LogP contribution in [0.2, 0.25) is 0 Å². The SMILES string of the molecule is CCS(=O)(=O)NCc1c2c(nn1CCC1CC1)C[C@H](CCc1cccc(OCC(F)(F)F)c1)NC2=O. The summed E-state index contributed by atoms with van der Waals surface area (Å²) in [7, 11) is -3.44. The van der Waals surface area contributed by atoms with Crippen LogP contribution in [0.15, 0.2) is 24.3 Å². The number of sulfonamides is 1. The third-order valence-corrected chi connectivity index (χ3v) is 7.84. The van der Waals surface area contributed by atoms with Gasteiger partial charge in [-0.3, -0.25) is 9.48 Å². The van der Waals surface area contributed by atoms with E-state index in [-0.39, 0.29) is 30.0 Å². The summed E-state index contributed by atoms with van der Waals surface area (Å²) in [5.74, 6) is 0.464. The lowest BCUT2D eigenvalue weighted by Gasteiger charge is -2.23. The maximum Gasteiger partial charge on any atom is 0.422 e. The Morgan fingerprint density at radius 2 is 2.03 bits per heavy atom. The number of aryl methyl sites for hydroxylation is 2. The molecule has 0 bridgehead atoms. The number of ether oxygens (including phenoxy) is 1. The molecule has 1 aromatic carbocycles. The third kappa shape index (κ3) is 7.22. The van der Waals surface area contributed by atoms with Crippen LogP contribution >= 0.6 is 0 Å². The summed E-state index contributed by atoms with van der Waals surface area (Å²) in [5, 5.41) is 7.68. The van der Waals surface area contributed by atoms with Gasteiger partial charge in [-0.25, -0.2) is 13.1 Å². The molecule has 2 aliphatic rings. The molecule has 12 heteroatoms. The third-order valence-electron chi connectivity index (χ3n) is 6.50. The fourth-order valence-electron chi connectivity index (χ4n) is 4.33. The van der Waals surface area contributed by atoms with Gasteiger partial charge >= 0.3 is 6.18 Å². The maximum atomic E-state index is 13.1. The van der Waals surface area contributed by atoms with Crippen LogP contribution < -0.4 is 14.8 Å². The molecule has 2 N–H and O–H groups in total. The summed E-state index contributed by atoms with van der Waals surface area (Å²) in [6.45, 7) is 0.838. The zero-order valence-electron chi connectivity index (χ0n) is 20.1. The number of hydrogen-bond acceptors (Lipinski definition) is 5. The number of aromatic nitrogens is 2. The minimum atomic E-state index is -4.41. The quantitative estimate of drug-likeness (QED) is 0.440. The average Bonchev–Trinajstić information content (AvgIpc) is 3.58. The smallest absolute Gasteiger partial charge is 0.422 e. The van der Waals surface area contributed by atoms with Crippen molar-refractivity contribution in [2.75, 3.05) is 12.4 Å². The van der Waals surface area contributed by atoms with Crippen molar-refractivity contribution in [3.05, 3.63) is 46.8 Å². The zero-order chi connectivity index (χ0) is 25.9. The Morgan fingerprint density at radius 1 is 1.25 bits per heavy atom. The van der Waals surface area contributed by atoms with Gasteiger partial charge in [-0.15, -0.1) is 0 Å². The number of benzene rings is 1. The summed E-state index contributed by atoms with van der Waals surface area (Å²) in [4.78, 5) is 13.1. The van der Waals surface area contributed by atoms with Crippen LogP contribution in [0.25, 0.3) is 0 Å². The van der Waals surface area contributed by atoms with E-state index in [2.05, 4.69) is 15.1 Å². The van der Waals surface area contributed by atoms with Gasteiger partial charge in [-0.1, -0.05) is 25.0 Å². The second-order valence-electron chi connectivity index (χ2n) is 9.41. The Kier molecular flexibility index (Phi) is 7.93. The summed E-state index contributed by atoms with van der Waals surface area (Å²) >= 11 is 0. The van der Waals surface area contributed by atoms with Gasteiger partial charge in [0.15, 0.2) is 6.61 Å². The summed E-state index contributed by atoms with van der Waals surface area (Å²) in [5.41, 5.74) is 2.46. The fraction of sp³-hybridized carbons (Fsp3) is 0.583. The van der Waals surface area contributed by atoms with E-state index in [1.807, 2.05) is 0 Å². The lowest BCUT2D eigenvalue weighted by molar-refractivity contribution is -0.153. The first-order chi connectivity index (χ1) is 17.0. The molecule has 2 heterocycles. The number of carbonyl (C=O) groups excluding carboxylic acids is 1. The normalized spacial score (nSPS) is 18.1. The van der Waals surface area contributed by atoms with Crippen LogP contribution in [0.5, 0.6) is 5.75 Å². The van der Waals surface area contributed by atoms with Crippen molar-refractivity contribution in [3.63, 3.8) is 0 Å². The molecule has 1 atom stereocenters. The van der Waals surface area contributed by atoms with Crippen molar-refractivity contribution in [2.45, 2.75) is 70.8 Å². The molecule has 0 saturated heterocycles. The van der Waals surface area contributed by atoms with Gasteiger partial charge in [0.2, 0.25) is 10.0 Å². The zero-order valence-corrected chi connectivity index (χ0v) is 20.9. The predicted molar refractivity (Wildman–Crippen MR) is 127 cm³/mol. The van der Waals surface area contributed by atoms with Crippen molar-refractivity contribution >= 4 is 15.9 Å². The number of alkyl halides is 3. The van der Waals surface area contributed by atoms with Gasteiger partial charge < -0.3 is 10.1 Å². The van der Waals surface area contributed by atoms with Crippen LogP contribution in [0.4, 0.5) is 13.2 Å². The van der Waals surface area contributed by atoms with Crippen molar-refractivity contribution in [1.29, 1.82) is 0 Å². The minimum Gasteiger partial charge on any atom is -0.484 e. The van der Waals surface area contributed by atoms with E-state index in [4.69, 9.17) is 4.74 Å². The Hall–Kier alpha value is -2.60. The van der Waals surface area contributed by atoms with Crippen LogP contribution in [0, 0.1) is 5.92 Å². The highest BCUT2D eigenvalue weighted by atomic mass is 32.2. The monoisotopic (exact) mass is 528 g/mol. The number of halogens is 3. The average molecular weight is 529 g/mol. The molecule has 1 aliphatic heterocycles. The van der Waals surface area contributed by atoms with E-state index >= 15 is 0 Å². The lowest BCUT2D eigenvalue weighted by atomic mass is 9.95. The first-order valence-corrected chi connectivity index (χ1v) is 13.8. The van der Waals surface area contributed by atoms with E-state index in [0.29, 0.717) is 48.7 Å². The highest BCUT2D eigenvalue weighted by Gasteiger charge is 2.32. The molecular formula is C24H31F3N4O4S. The number of rotatable bonds is 12. The molecule has 0 radical (unpaired) electrons. The van der Waals surface area contributed by atoms with Crippen LogP contribution in [-0.2, 0) is 36.0 Å². The van der Waals surface area contributed by atoms with E-state index < -0.39 is 22.8 Å². The lowest BCUT2D eigenvalue weighted by Crippen LogP contribution is -2.42. The Bertz CT molecular complexity index is 1190. The molecule has 36 heavy (non-hydrogen) atoms. The van der Waals surface area contributed by atoms with Crippen LogP contribution in [0.3, 0.4) is 0 Å². The molecular weight excluding hydrogens is 497 g/mol. The van der Waals surface area contributed by atoms with E-state index in [9.17, 15) is 26.4 Å². The number of carbonyl (C=O) groups is 1. The second-order valence-corrected chi connectivity index (χ2v) is 11.5. The van der Waals surface area contributed by atoms with Gasteiger partial charge in [-0.05, 0) is 49.8 Å². The summed E-state index contributed by atoms with van der Waals surface area (Å²) in [6, 6.07) is 6.31. The highest BCUT2D eigenvalue weighted by Crippen LogP contribution is 2.33. The van der Waals surface area contributed by atoms with Gasteiger partial charge in [0.05, 0.1) is 29.2 Å². The van der Waals surface area contributed by atoms with Crippen LogP contribution in [0.1, 0.15) is 59.9 Å². The van der Waals surface area contributed by atoms with Gasteiger partial charge in [-0.2, -0.15) is 18.3 Å². The standard InChI is InChI=1S/C24H31F3N4O4S/c1-2-36(33,34)28-14-21-22-20(30-31(21)11-10-16-6-7-16)13-18(29-23(22)32)9-8-17-4-3-5-19(12-17)35-15-24(25,26)27/h3-5,12,16,18,28H,2,6-11,13-15H2,1H3,(H,29,32)/t18-/m0/s1. The van der Waals surface area contributed by atoms with E-state index in [1.165, 1.54) is 18.9 Å². The Morgan fingerprint density at radius 3 is 2.72 bits per heavy atom. The molecule has 2 aromatic rings. The molecule has 1 fully saturated rings. The first kappa shape index (κ1) is 26.5. The molecule has 4 rings (SSSR count). The Labute approximate surface area is 208 Å². The molecule has 0 unspecified atom stereocenters. The second kappa shape index (κ2) is 10.8. The summed E-state index contributed by atoms with van der Waals surface area (Å²) < 4.78 is 70.5. The Balaban J connectivity index is 1.43. The number of amides is 1. The van der Waals surface area contributed by atoms with Crippen LogP contribution in [-0.4, -0.2) is 48.7 Å². The van der Waals surface area contributed by atoms with Crippen molar-refractivity contribution in [3.8, 4) is 5.75 Å². The van der Waals surface area contributed by atoms with Gasteiger partial charge in [0, 0.05) is 19.0 Å². The maximum absolute atomic E-state index is 13.1. The van der Waals surface area contributed by atoms with E-state index in [1.54, 1.807) is 29.8 Å². The van der Waals surface area contributed by atoms with Crippen molar-refractivity contribution in [2.24, 2.45) is 5.92 Å². The van der Waals surface area contributed by atoms with E-state index in [0.717, 1.165) is 12.0 Å². The molecule has 1 saturated carbocycles. The topological polar surface area (TPSA) is 102 Å². The predicted octanol–water partition coefficient (Wildman–Crippen LogP) is 3.35. The molecule has 1 aliphatic carbocycles. The van der Waals surface area contributed by atoms with Gasteiger partial charge in [0.1, 0.15) is 5.75 Å². The number of hydrogen-bond donors (Lipinski definition) is 2. The van der Waals surface area contributed by atoms with Crippen molar-refractivity contribution < 1.29 is 31.1 Å². The highest BCUT2D eigenvalue weighted by molar-refractivity contribution is 7.89. The number of nitrogens with zero attached hydrogens (tertiary/aromatic N) is 2. The van der Waals surface area contributed by atoms with Crippen molar-refractivity contribution in [1.82, 2.24) is 19.8 Å². The molecule has 0 spiro atoms. The fourth-order valence-corrected chi connectivity index (χ4v) is 4.89. The first-order valence-electron chi connectivity index (χ1n) is 12.2. The molecule has 8 nitrogen and oxygen atoms in total. The molecule has 1 amide bonds. The number of nitrogens with one attached hydrogen (secondary N) is 2. The number of fused-ring (bicyclic) bond motifs is 1. The molecule has 198 valence electrons. The summed E-state index contributed by atoms with van der Waals surface area (Å²) in [6.07, 6.45) is 0.502. The molecule has 1 aromatic heterocycles.